The molecule has 1 atom stereocenters. The van der Waals surface area contributed by atoms with E-state index in [0.29, 0.717) is 12.0 Å². The smallest absolute Gasteiger partial charge is 0.230 e. The topological polar surface area (TPSA) is 63.2 Å². The molecule has 1 saturated carbocycles. The van der Waals surface area contributed by atoms with Crippen molar-refractivity contribution < 1.29 is 4.42 Å². The van der Waals surface area contributed by atoms with E-state index in [9.17, 15) is 0 Å². The largest absolute Gasteiger partial charge is 0.424 e. The third-order valence-corrected chi connectivity index (χ3v) is 4.95. The molecule has 0 bridgehead atoms. The molecule has 1 aliphatic carbocycles. The summed E-state index contributed by atoms with van der Waals surface area (Å²) in [6.45, 7) is 3.83. The molecule has 0 amide bonds. The normalized spacial score (nSPS) is 22.3. The van der Waals surface area contributed by atoms with Crippen molar-refractivity contribution in [1.82, 2.24) is 29.5 Å². The Morgan fingerprint density at radius 2 is 2.17 bits per heavy atom. The predicted octanol–water partition coefficient (Wildman–Crippen LogP) is 1.39. The van der Waals surface area contributed by atoms with Gasteiger partial charge in [0.2, 0.25) is 11.8 Å². The van der Waals surface area contributed by atoms with Crippen molar-refractivity contribution in [3.05, 3.63) is 30.0 Å². The molecule has 0 spiro atoms. The molecule has 1 aliphatic heterocycles. The van der Waals surface area contributed by atoms with Gasteiger partial charge in [-0.1, -0.05) is 0 Å². The van der Waals surface area contributed by atoms with Gasteiger partial charge in [-0.3, -0.25) is 9.80 Å². The second-order valence-electron chi connectivity index (χ2n) is 6.86. The van der Waals surface area contributed by atoms with Gasteiger partial charge in [0.05, 0.1) is 13.1 Å². The molecule has 0 radical (unpaired) electrons. The van der Waals surface area contributed by atoms with Crippen molar-refractivity contribution in [2.75, 3.05) is 20.1 Å². The molecular weight excluding hydrogens is 292 g/mol. The van der Waals surface area contributed by atoms with Crippen molar-refractivity contribution in [3.63, 3.8) is 0 Å². The van der Waals surface area contributed by atoms with Crippen molar-refractivity contribution in [2.24, 2.45) is 7.05 Å². The average Bonchev–Trinajstić information content (AvgIpc) is 2.94. The third kappa shape index (κ3) is 3.30. The molecule has 2 fully saturated rings. The molecular formula is C16H24N6O. The lowest BCUT2D eigenvalue weighted by Gasteiger charge is -2.23. The molecule has 0 aromatic carbocycles. The van der Waals surface area contributed by atoms with E-state index >= 15 is 0 Å². The summed E-state index contributed by atoms with van der Waals surface area (Å²) in [5.74, 6) is 3.23. The molecule has 2 aromatic heterocycles. The fourth-order valence-electron chi connectivity index (χ4n) is 3.23. The van der Waals surface area contributed by atoms with Gasteiger partial charge in [0.15, 0.2) is 0 Å². The van der Waals surface area contributed by atoms with Gasteiger partial charge in [-0.2, -0.15) is 0 Å². The summed E-state index contributed by atoms with van der Waals surface area (Å²) in [6.07, 6.45) is 7.43. The quantitative estimate of drug-likeness (QED) is 0.802. The maximum Gasteiger partial charge on any atom is 0.230 e. The maximum atomic E-state index is 5.77. The van der Waals surface area contributed by atoms with Crippen molar-refractivity contribution in [3.8, 4) is 0 Å². The number of aryl methyl sites for hydroxylation is 1. The molecule has 4 rings (SSSR count). The number of hydrogen-bond acceptors (Lipinski definition) is 6. The van der Waals surface area contributed by atoms with Gasteiger partial charge in [0.25, 0.3) is 0 Å². The Morgan fingerprint density at radius 3 is 2.91 bits per heavy atom. The highest BCUT2D eigenvalue weighted by atomic mass is 16.4. The van der Waals surface area contributed by atoms with E-state index in [1.54, 1.807) is 0 Å². The van der Waals surface area contributed by atoms with E-state index in [-0.39, 0.29) is 0 Å². The van der Waals surface area contributed by atoms with Crippen LogP contribution in [0.3, 0.4) is 0 Å². The van der Waals surface area contributed by atoms with Crippen molar-refractivity contribution in [1.29, 1.82) is 0 Å². The van der Waals surface area contributed by atoms with Crippen LogP contribution >= 0.6 is 0 Å². The second-order valence-corrected chi connectivity index (χ2v) is 6.86. The number of likely N-dealkylation sites (tertiary alicyclic amines) is 1. The van der Waals surface area contributed by atoms with E-state index in [1.165, 1.54) is 19.3 Å². The molecule has 2 aliphatic rings. The van der Waals surface area contributed by atoms with Gasteiger partial charge in [-0.15, -0.1) is 10.2 Å². The van der Waals surface area contributed by atoms with E-state index in [1.807, 2.05) is 12.4 Å². The third-order valence-electron chi connectivity index (χ3n) is 4.95. The van der Waals surface area contributed by atoms with Crippen molar-refractivity contribution >= 4 is 0 Å². The van der Waals surface area contributed by atoms with Crippen LogP contribution in [0.25, 0.3) is 0 Å². The molecule has 0 N–H and O–H groups in total. The lowest BCUT2D eigenvalue weighted by atomic mass is 10.2. The van der Waals surface area contributed by atoms with Crippen molar-refractivity contribution in [2.45, 2.75) is 44.3 Å². The molecule has 23 heavy (non-hydrogen) atoms. The number of hydrogen-bond donors (Lipinski definition) is 0. The van der Waals surface area contributed by atoms with Crippen LogP contribution in [0.5, 0.6) is 0 Å². The molecule has 124 valence electrons. The molecule has 7 heteroatoms. The van der Waals surface area contributed by atoms with Gasteiger partial charge < -0.3 is 8.98 Å². The van der Waals surface area contributed by atoms with Crippen LogP contribution in [-0.4, -0.2) is 55.7 Å². The minimum Gasteiger partial charge on any atom is -0.424 e. The summed E-state index contributed by atoms with van der Waals surface area (Å²) in [7, 11) is 4.20. The van der Waals surface area contributed by atoms with E-state index in [2.05, 4.69) is 43.6 Å². The Morgan fingerprint density at radius 1 is 1.30 bits per heavy atom. The fourth-order valence-corrected chi connectivity index (χ4v) is 3.23. The minimum absolute atomic E-state index is 0.529. The Balaban J connectivity index is 1.30. The van der Waals surface area contributed by atoms with E-state index in [4.69, 9.17) is 4.42 Å². The van der Waals surface area contributed by atoms with Crippen LogP contribution < -0.4 is 0 Å². The molecule has 7 nitrogen and oxygen atoms in total. The first-order chi connectivity index (χ1) is 11.2. The Hall–Kier alpha value is -1.73. The highest BCUT2D eigenvalue weighted by molar-refractivity contribution is 5.00. The monoisotopic (exact) mass is 316 g/mol. The zero-order valence-corrected chi connectivity index (χ0v) is 13.9. The Kier molecular flexibility index (Phi) is 3.90. The van der Waals surface area contributed by atoms with Crippen LogP contribution in [-0.2, 0) is 20.1 Å². The van der Waals surface area contributed by atoms with Crippen LogP contribution in [0.4, 0.5) is 0 Å². The predicted molar refractivity (Wildman–Crippen MR) is 84.6 cm³/mol. The zero-order valence-electron chi connectivity index (χ0n) is 13.9. The van der Waals surface area contributed by atoms with Crippen LogP contribution in [0.1, 0.15) is 42.8 Å². The standard InChI is InChI=1S/C16H24N6O/c1-20-8-6-17-14(20)10-22-7-5-13(9-22)21(2)11-15-18-19-16(23-15)12-3-4-12/h6,8,12-13H,3-5,7,9-11H2,1-2H3/t13-/m1/s1. The summed E-state index contributed by atoms with van der Waals surface area (Å²) in [6, 6.07) is 0.534. The minimum atomic E-state index is 0.529. The van der Waals surface area contributed by atoms with Crippen LogP contribution in [0, 0.1) is 0 Å². The maximum absolute atomic E-state index is 5.77. The molecule has 3 heterocycles. The number of imidazole rings is 1. The fraction of sp³-hybridized carbons (Fsp3) is 0.688. The van der Waals surface area contributed by atoms with Crippen LogP contribution in [0.15, 0.2) is 16.8 Å². The Bertz CT molecular complexity index is 661. The highest BCUT2D eigenvalue weighted by Crippen LogP contribution is 2.39. The number of nitrogens with zero attached hydrogens (tertiary/aromatic N) is 6. The zero-order chi connectivity index (χ0) is 15.8. The average molecular weight is 316 g/mol. The van der Waals surface area contributed by atoms with Gasteiger partial charge >= 0.3 is 0 Å². The molecule has 1 saturated heterocycles. The SMILES string of the molecule is CN(Cc1nnc(C2CC2)o1)[C@@H]1CCN(Cc2nccn2C)C1. The highest BCUT2D eigenvalue weighted by Gasteiger charge is 2.30. The molecule has 2 aromatic rings. The van der Waals surface area contributed by atoms with E-state index in [0.717, 1.165) is 43.8 Å². The number of likely N-dealkylation sites (N-methyl/N-ethyl adjacent to an activating group) is 1. The van der Waals surface area contributed by atoms with E-state index < -0.39 is 0 Å². The van der Waals surface area contributed by atoms with Gasteiger partial charge in [-0.25, -0.2) is 4.98 Å². The first kappa shape index (κ1) is 14.8. The lowest BCUT2D eigenvalue weighted by Crippen LogP contribution is -2.34. The second kappa shape index (κ2) is 6.05. The summed E-state index contributed by atoms with van der Waals surface area (Å²) in [4.78, 5) is 9.22. The van der Waals surface area contributed by atoms with Gasteiger partial charge in [0, 0.05) is 44.5 Å². The first-order valence-corrected chi connectivity index (χ1v) is 8.40. The number of aromatic nitrogens is 4. The summed E-state index contributed by atoms with van der Waals surface area (Å²) >= 11 is 0. The Labute approximate surface area is 136 Å². The lowest BCUT2D eigenvalue weighted by molar-refractivity contribution is 0.202. The number of rotatable bonds is 6. The van der Waals surface area contributed by atoms with Gasteiger partial charge in [-0.05, 0) is 26.3 Å². The molecule has 0 unspecified atom stereocenters. The van der Waals surface area contributed by atoms with Gasteiger partial charge in [0.1, 0.15) is 5.82 Å². The summed E-state index contributed by atoms with van der Waals surface area (Å²) < 4.78 is 7.87. The summed E-state index contributed by atoms with van der Waals surface area (Å²) in [5, 5.41) is 8.36. The van der Waals surface area contributed by atoms with Crippen LogP contribution in [0.2, 0.25) is 0 Å². The first-order valence-electron chi connectivity index (χ1n) is 8.40. The summed E-state index contributed by atoms with van der Waals surface area (Å²) in [5.41, 5.74) is 0.